The van der Waals surface area contributed by atoms with E-state index < -0.39 is 0 Å². The van der Waals surface area contributed by atoms with Crippen LogP contribution in [0.3, 0.4) is 0 Å². The van der Waals surface area contributed by atoms with Gasteiger partial charge in [0.1, 0.15) is 12.2 Å². The number of aryl methyl sites for hydroxylation is 1. The predicted octanol–water partition coefficient (Wildman–Crippen LogP) is 0.768. The predicted molar refractivity (Wildman–Crippen MR) is 61.4 cm³/mol. The van der Waals surface area contributed by atoms with Crippen LogP contribution in [-0.2, 0) is 6.54 Å². The molecule has 0 aliphatic rings. The third-order valence-electron chi connectivity index (χ3n) is 2.44. The Morgan fingerprint density at radius 3 is 3.18 bits per heavy atom. The number of hydrogen-bond acceptors (Lipinski definition) is 5. The van der Waals surface area contributed by atoms with Crippen molar-refractivity contribution in [2.24, 2.45) is 0 Å². The molecule has 7 nitrogen and oxygen atoms in total. The van der Waals surface area contributed by atoms with Gasteiger partial charge in [-0.15, -0.1) is 5.10 Å². The lowest BCUT2D eigenvalue weighted by molar-refractivity contribution is 0.915. The van der Waals surface area contributed by atoms with Gasteiger partial charge in [0.15, 0.2) is 5.65 Å². The zero-order chi connectivity index (χ0) is 11.7. The summed E-state index contributed by atoms with van der Waals surface area (Å²) < 4.78 is 1.75. The first-order chi connectivity index (χ1) is 8.33. The monoisotopic (exact) mass is 229 g/mol. The second kappa shape index (κ2) is 3.85. The molecule has 0 spiro atoms. The van der Waals surface area contributed by atoms with Crippen molar-refractivity contribution in [2.45, 2.75) is 13.5 Å². The molecule has 7 heteroatoms. The lowest BCUT2D eigenvalue weighted by Crippen LogP contribution is -2.02. The fourth-order valence-corrected chi connectivity index (χ4v) is 1.59. The highest BCUT2D eigenvalue weighted by Crippen LogP contribution is 2.09. The van der Waals surface area contributed by atoms with Crippen LogP contribution >= 0.6 is 0 Å². The summed E-state index contributed by atoms with van der Waals surface area (Å²) in [5.41, 5.74) is 1.94. The average molecular weight is 229 g/mol. The van der Waals surface area contributed by atoms with Crippen LogP contribution in [0.5, 0.6) is 0 Å². The van der Waals surface area contributed by atoms with Gasteiger partial charge in [0.2, 0.25) is 5.95 Å². The van der Waals surface area contributed by atoms with Crippen molar-refractivity contribution in [1.82, 2.24) is 29.8 Å². The zero-order valence-electron chi connectivity index (χ0n) is 9.25. The summed E-state index contributed by atoms with van der Waals surface area (Å²) in [6.07, 6.45) is 3.34. The smallest absolute Gasteiger partial charge is 0.243 e. The highest BCUT2D eigenvalue weighted by molar-refractivity contribution is 5.49. The van der Waals surface area contributed by atoms with E-state index in [4.69, 9.17) is 0 Å². The molecule has 3 rings (SSSR count). The Kier molecular flexibility index (Phi) is 2.21. The van der Waals surface area contributed by atoms with E-state index in [1.54, 1.807) is 4.52 Å². The summed E-state index contributed by atoms with van der Waals surface area (Å²) in [7, 11) is 0. The molecule has 0 saturated carbocycles. The van der Waals surface area contributed by atoms with Crippen LogP contribution in [0.4, 0.5) is 5.95 Å². The first kappa shape index (κ1) is 9.76. The van der Waals surface area contributed by atoms with Gasteiger partial charge in [0.05, 0.1) is 6.54 Å². The minimum atomic E-state index is 0.524. The molecule has 0 fully saturated rings. The van der Waals surface area contributed by atoms with Crippen molar-refractivity contribution in [3.63, 3.8) is 0 Å². The van der Waals surface area contributed by atoms with Crippen molar-refractivity contribution in [1.29, 1.82) is 0 Å². The molecule has 3 aromatic heterocycles. The third-order valence-corrected chi connectivity index (χ3v) is 2.44. The van der Waals surface area contributed by atoms with Gasteiger partial charge in [-0.3, -0.25) is 5.10 Å². The molecule has 2 N–H and O–H groups in total. The second-order valence-corrected chi connectivity index (χ2v) is 3.68. The van der Waals surface area contributed by atoms with Crippen LogP contribution in [0.25, 0.3) is 5.65 Å². The summed E-state index contributed by atoms with van der Waals surface area (Å²) >= 11 is 0. The normalized spacial score (nSPS) is 10.9. The molecule has 0 saturated heterocycles. The van der Waals surface area contributed by atoms with E-state index in [0.717, 1.165) is 17.0 Å². The minimum Gasteiger partial charge on any atom is -0.346 e. The summed E-state index contributed by atoms with van der Waals surface area (Å²) in [5, 5.41) is 13.9. The van der Waals surface area contributed by atoms with E-state index in [2.05, 4.69) is 30.6 Å². The van der Waals surface area contributed by atoms with Crippen LogP contribution in [0.1, 0.15) is 11.4 Å². The zero-order valence-corrected chi connectivity index (χ0v) is 9.25. The van der Waals surface area contributed by atoms with Crippen LogP contribution in [0, 0.1) is 6.92 Å². The van der Waals surface area contributed by atoms with Crippen LogP contribution in [-0.4, -0.2) is 29.8 Å². The van der Waals surface area contributed by atoms with Gasteiger partial charge in [-0.25, -0.2) is 9.50 Å². The van der Waals surface area contributed by atoms with Gasteiger partial charge >= 0.3 is 0 Å². The van der Waals surface area contributed by atoms with E-state index in [1.165, 1.54) is 6.33 Å². The van der Waals surface area contributed by atoms with Gasteiger partial charge in [0, 0.05) is 6.20 Å². The van der Waals surface area contributed by atoms with Crippen LogP contribution in [0.2, 0.25) is 0 Å². The number of H-pyrrole nitrogens is 1. The number of hydrogen-bond donors (Lipinski definition) is 2. The fourth-order valence-electron chi connectivity index (χ4n) is 1.59. The Morgan fingerprint density at radius 2 is 2.41 bits per heavy atom. The quantitative estimate of drug-likeness (QED) is 0.693. The minimum absolute atomic E-state index is 0.524. The molecular formula is C10H11N7. The van der Waals surface area contributed by atoms with E-state index >= 15 is 0 Å². The molecular weight excluding hydrogens is 218 g/mol. The van der Waals surface area contributed by atoms with Gasteiger partial charge in [-0.05, 0) is 18.6 Å². The Hall–Kier alpha value is -2.44. The number of rotatable bonds is 3. The molecule has 0 unspecified atom stereocenters. The van der Waals surface area contributed by atoms with Crippen molar-refractivity contribution in [3.05, 3.63) is 36.0 Å². The number of fused-ring (bicyclic) bond motifs is 1. The van der Waals surface area contributed by atoms with Gasteiger partial charge in [-0.1, -0.05) is 6.07 Å². The van der Waals surface area contributed by atoms with E-state index in [1.807, 2.05) is 25.3 Å². The topological polar surface area (TPSA) is 83.8 Å². The lowest BCUT2D eigenvalue weighted by Gasteiger charge is -1.95. The van der Waals surface area contributed by atoms with E-state index in [0.29, 0.717) is 12.5 Å². The first-order valence-corrected chi connectivity index (χ1v) is 5.23. The maximum absolute atomic E-state index is 4.39. The molecule has 0 aliphatic heterocycles. The average Bonchev–Trinajstić information content (AvgIpc) is 2.95. The molecule has 0 bridgehead atoms. The Balaban J connectivity index is 1.84. The molecule has 0 atom stereocenters. The molecule has 3 heterocycles. The molecule has 0 aliphatic carbocycles. The summed E-state index contributed by atoms with van der Waals surface area (Å²) in [4.78, 5) is 8.40. The van der Waals surface area contributed by atoms with Gasteiger partial charge in [-0.2, -0.15) is 10.1 Å². The lowest BCUT2D eigenvalue weighted by atomic mass is 10.3. The fraction of sp³-hybridized carbons (Fsp3) is 0.200. The first-order valence-electron chi connectivity index (χ1n) is 5.23. The highest BCUT2D eigenvalue weighted by Gasteiger charge is 2.05. The van der Waals surface area contributed by atoms with Crippen molar-refractivity contribution >= 4 is 11.6 Å². The molecule has 0 aromatic carbocycles. The molecule has 17 heavy (non-hydrogen) atoms. The van der Waals surface area contributed by atoms with Crippen LogP contribution in [0.15, 0.2) is 24.7 Å². The Bertz CT molecular complexity index is 625. The third kappa shape index (κ3) is 1.82. The molecule has 86 valence electrons. The Labute approximate surface area is 96.9 Å². The molecule has 0 radical (unpaired) electrons. The van der Waals surface area contributed by atoms with E-state index in [-0.39, 0.29) is 0 Å². The van der Waals surface area contributed by atoms with Gasteiger partial charge < -0.3 is 5.32 Å². The van der Waals surface area contributed by atoms with Crippen molar-refractivity contribution < 1.29 is 0 Å². The summed E-state index contributed by atoms with van der Waals surface area (Å²) in [5.74, 6) is 1.33. The number of anilines is 1. The maximum atomic E-state index is 4.39. The standard InChI is InChI=1S/C10H11N7/c1-7-3-2-4-17-9(7)14-10(16-17)11-5-8-12-6-13-15-8/h2-4,6H,5H2,1H3,(H,11,16)(H,12,13,15). The number of aromatic amines is 1. The summed E-state index contributed by atoms with van der Waals surface area (Å²) in [6.45, 7) is 2.53. The number of nitrogens with one attached hydrogen (secondary N) is 2. The summed E-state index contributed by atoms with van der Waals surface area (Å²) in [6, 6.07) is 3.95. The Morgan fingerprint density at radius 1 is 1.47 bits per heavy atom. The van der Waals surface area contributed by atoms with Crippen LogP contribution < -0.4 is 5.32 Å². The van der Waals surface area contributed by atoms with Gasteiger partial charge in [0.25, 0.3) is 0 Å². The number of nitrogens with zero attached hydrogens (tertiary/aromatic N) is 5. The molecule has 0 amide bonds. The number of aromatic nitrogens is 6. The molecule has 3 aromatic rings. The van der Waals surface area contributed by atoms with Crippen molar-refractivity contribution in [2.75, 3.05) is 5.32 Å². The van der Waals surface area contributed by atoms with Crippen molar-refractivity contribution in [3.8, 4) is 0 Å². The largest absolute Gasteiger partial charge is 0.346 e. The highest BCUT2D eigenvalue weighted by atomic mass is 15.3. The number of pyridine rings is 1. The van der Waals surface area contributed by atoms with E-state index in [9.17, 15) is 0 Å². The SMILES string of the molecule is Cc1cccn2nc(NCc3ncn[nH]3)nc12. The maximum Gasteiger partial charge on any atom is 0.243 e. The second-order valence-electron chi connectivity index (χ2n) is 3.68.